The van der Waals surface area contributed by atoms with Gasteiger partial charge in [-0.05, 0) is 42.0 Å². The van der Waals surface area contributed by atoms with Gasteiger partial charge in [0.05, 0.1) is 19.8 Å². The Bertz CT molecular complexity index is 1070. The Kier molecular flexibility index (Phi) is 5.20. The average Bonchev–Trinajstić information content (AvgIpc) is 3.08. The van der Waals surface area contributed by atoms with Gasteiger partial charge in [-0.25, -0.2) is 0 Å². The summed E-state index contributed by atoms with van der Waals surface area (Å²) in [4.78, 5) is 12.7. The first-order chi connectivity index (χ1) is 14.2. The van der Waals surface area contributed by atoms with E-state index in [2.05, 4.69) is 0 Å². The number of carbonyl (C=O) groups excluding carboxylic acids is 1. The molecule has 0 bridgehead atoms. The number of para-hydroxylation sites is 1. The molecule has 4 rings (SSSR count). The number of ether oxygens (including phenoxy) is 4. The van der Waals surface area contributed by atoms with Crippen LogP contribution < -0.4 is 18.9 Å². The van der Waals surface area contributed by atoms with Crippen LogP contribution in [0.1, 0.15) is 21.5 Å². The molecule has 0 aliphatic carbocycles. The van der Waals surface area contributed by atoms with Crippen molar-refractivity contribution in [3.8, 4) is 23.0 Å². The average molecular weight is 388 g/mol. The highest BCUT2D eigenvalue weighted by Crippen LogP contribution is 2.35. The van der Waals surface area contributed by atoms with E-state index in [9.17, 15) is 4.79 Å². The molecule has 0 spiro atoms. The molecule has 3 aromatic rings. The SMILES string of the molecule is COc1ccc(COc2ccccc2/C=C2\Oc3cc(OC)ccc3C2=O)cc1. The third kappa shape index (κ3) is 3.94. The lowest BCUT2D eigenvalue weighted by atomic mass is 10.1. The fourth-order valence-corrected chi connectivity index (χ4v) is 3.05. The number of ketones is 1. The summed E-state index contributed by atoms with van der Waals surface area (Å²) in [7, 11) is 3.21. The molecule has 0 fully saturated rings. The van der Waals surface area contributed by atoms with E-state index < -0.39 is 0 Å². The highest BCUT2D eigenvalue weighted by Gasteiger charge is 2.28. The molecule has 3 aromatic carbocycles. The zero-order chi connectivity index (χ0) is 20.2. The smallest absolute Gasteiger partial charge is 0.231 e. The number of Topliss-reactive ketones (excluding diaryl/α,β-unsaturated/α-hetero) is 1. The van der Waals surface area contributed by atoms with Crippen LogP contribution in [0.15, 0.2) is 72.5 Å². The van der Waals surface area contributed by atoms with Crippen molar-refractivity contribution in [2.75, 3.05) is 14.2 Å². The minimum Gasteiger partial charge on any atom is -0.497 e. The standard InChI is InChI=1S/C24H20O5/c1-26-18-9-7-16(8-10-18)15-28-21-6-4-3-5-17(21)13-23-24(25)20-12-11-19(27-2)14-22(20)29-23/h3-14H,15H2,1-2H3/b23-13-. The summed E-state index contributed by atoms with van der Waals surface area (Å²) in [6.45, 7) is 0.399. The summed E-state index contributed by atoms with van der Waals surface area (Å²) in [6, 6.07) is 20.4. The lowest BCUT2D eigenvalue weighted by Crippen LogP contribution is -2.00. The Morgan fingerprint density at radius 3 is 2.38 bits per heavy atom. The highest BCUT2D eigenvalue weighted by molar-refractivity contribution is 6.14. The minimum atomic E-state index is -0.160. The Labute approximate surface area is 169 Å². The maximum atomic E-state index is 12.7. The van der Waals surface area contributed by atoms with Crippen LogP contribution in [-0.4, -0.2) is 20.0 Å². The molecule has 0 radical (unpaired) electrons. The van der Waals surface area contributed by atoms with Crippen molar-refractivity contribution >= 4 is 11.9 Å². The molecule has 5 nitrogen and oxygen atoms in total. The zero-order valence-corrected chi connectivity index (χ0v) is 16.2. The van der Waals surface area contributed by atoms with Crippen LogP contribution >= 0.6 is 0 Å². The number of hydrogen-bond acceptors (Lipinski definition) is 5. The molecule has 0 amide bonds. The normalized spacial score (nSPS) is 13.7. The van der Waals surface area contributed by atoms with Gasteiger partial charge in [0.25, 0.3) is 0 Å². The number of benzene rings is 3. The second kappa shape index (κ2) is 8.10. The molecule has 1 aliphatic rings. The first-order valence-electron chi connectivity index (χ1n) is 9.15. The molecule has 0 saturated carbocycles. The second-order valence-electron chi connectivity index (χ2n) is 6.48. The van der Waals surface area contributed by atoms with Gasteiger partial charge in [-0.2, -0.15) is 0 Å². The Morgan fingerprint density at radius 1 is 0.897 bits per heavy atom. The van der Waals surface area contributed by atoms with Crippen molar-refractivity contribution in [3.63, 3.8) is 0 Å². The van der Waals surface area contributed by atoms with Crippen LogP contribution in [0.4, 0.5) is 0 Å². The summed E-state index contributed by atoms with van der Waals surface area (Å²) in [5.41, 5.74) is 2.30. The molecule has 0 unspecified atom stereocenters. The summed E-state index contributed by atoms with van der Waals surface area (Å²) in [5.74, 6) is 2.70. The van der Waals surface area contributed by atoms with Gasteiger partial charge in [0.2, 0.25) is 5.78 Å². The van der Waals surface area contributed by atoms with Crippen LogP contribution in [0.5, 0.6) is 23.0 Å². The Morgan fingerprint density at radius 2 is 1.62 bits per heavy atom. The first-order valence-corrected chi connectivity index (χ1v) is 9.15. The van der Waals surface area contributed by atoms with E-state index in [0.717, 1.165) is 16.9 Å². The molecule has 5 heteroatoms. The monoisotopic (exact) mass is 388 g/mol. The van der Waals surface area contributed by atoms with Crippen molar-refractivity contribution in [3.05, 3.63) is 89.2 Å². The van der Waals surface area contributed by atoms with Gasteiger partial charge in [0, 0.05) is 11.6 Å². The van der Waals surface area contributed by atoms with E-state index in [1.165, 1.54) is 0 Å². The summed E-state index contributed by atoms with van der Waals surface area (Å²) in [5, 5.41) is 0. The molecule has 29 heavy (non-hydrogen) atoms. The topological polar surface area (TPSA) is 54.0 Å². The number of carbonyl (C=O) groups is 1. The lowest BCUT2D eigenvalue weighted by molar-refractivity contribution is 0.101. The van der Waals surface area contributed by atoms with Crippen molar-refractivity contribution in [2.24, 2.45) is 0 Å². The lowest BCUT2D eigenvalue weighted by Gasteiger charge is -2.10. The van der Waals surface area contributed by atoms with Crippen LogP contribution in [0.3, 0.4) is 0 Å². The number of rotatable bonds is 6. The van der Waals surface area contributed by atoms with E-state index in [1.807, 2.05) is 48.5 Å². The van der Waals surface area contributed by atoms with E-state index in [-0.39, 0.29) is 11.5 Å². The molecular formula is C24H20O5. The van der Waals surface area contributed by atoms with Gasteiger partial charge < -0.3 is 18.9 Å². The molecule has 1 aliphatic heterocycles. The van der Waals surface area contributed by atoms with E-state index in [1.54, 1.807) is 38.5 Å². The van der Waals surface area contributed by atoms with Gasteiger partial charge in [0.15, 0.2) is 5.76 Å². The predicted molar refractivity (Wildman–Crippen MR) is 110 cm³/mol. The predicted octanol–water partition coefficient (Wildman–Crippen LogP) is 4.90. The Hall–Kier alpha value is -3.73. The third-order valence-corrected chi connectivity index (χ3v) is 4.64. The molecule has 1 heterocycles. The molecule has 0 aromatic heterocycles. The number of allylic oxidation sites excluding steroid dienone is 1. The third-order valence-electron chi connectivity index (χ3n) is 4.64. The quantitative estimate of drug-likeness (QED) is 0.562. The molecular weight excluding hydrogens is 368 g/mol. The molecule has 0 saturated heterocycles. The van der Waals surface area contributed by atoms with Gasteiger partial charge in [-0.1, -0.05) is 30.3 Å². The number of fused-ring (bicyclic) bond motifs is 1. The van der Waals surface area contributed by atoms with Crippen molar-refractivity contribution in [1.82, 2.24) is 0 Å². The number of methoxy groups -OCH3 is 2. The maximum absolute atomic E-state index is 12.7. The van der Waals surface area contributed by atoms with Crippen molar-refractivity contribution < 1.29 is 23.7 Å². The van der Waals surface area contributed by atoms with E-state index in [4.69, 9.17) is 18.9 Å². The fourth-order valence-electron chi connectivity index (χ4n) is 3.05. The fraction of sp³-hybridized carbons (Fsp3) is 0.125. The van der Waals surface area contributed by atoms with Gasteiger partial charge in [-0.3, -0.25) is 4.79 Å². The molecule has 146 valence electrons. The van der Waals surface area contributed by atoms with E-state index in [0.29, 0.717) is 29.4 Å². The van der Waals surface area contributed by atoms with Gasteiger partial charge in [0.1, 0.15) is 29.6 Å². The minimum absolute atomic E-state index is 0.160. The van der Waals surface area contributed by atoms with Crippen LogP contribution in [-0.2, 0) is 6.61 Å². The maximum Gasteiger partial charge on any atom is 0.231 e. The van der Waals surface area contributed by atoms with Gasteiger partial charge in [-0.15, -0.1) is 0 Å². The van der Waals surface area contributed by atoms with Gasteiger partial charge >= 0.3 is 0 Å². The van der Waals surface area contributed by atoms with Crippen molar-refractivity contribution in [1.29, 1.82) is 0 Å². The summed E-state index contributed by atoms with van der Waals surface area (Å²) < 4.78 is 22.1. The summed E-state index contributed by atoms with van der Waals surface area (Å²) in [6.07, 6.45) is 1.71. The van der Waals surface area contributed by atoms with Crippen LogP contribution in [0, 0.1) is 0 Å². The number of hydrogen-bond donors (Lipinski definition) is 0. The van der Waals surface area contributed by atoms with Crippen molar-refractivity contribution in [2.45, 2.75) is 6.61 Å². The highest BCUT2D eigenvalue weighted by atomic mass is 16.5. The summed E-state index contributed by atoms with van der Waals surface area (Å²) >= 11 is 0. The second-order valence-corrected chi connectivity index (χ2v) is 6.48. The zero-order valence-electron chi connectivity index (χ0n) is 16.2. The van der Waals surface area contributed by atoms with Crippen LogP contribution in [0.2, 0.25) is 0 Å². The first kappa shape index (κ1) is 18.6. The Balaban J connectivity index is 1.54. The van der Waals surface area contributed by atoms with Crippen LogP contribution in [0.25, 0.3) is 6.08 Å². The van der Waals surface area contributed by atoms with E-state index >= 15 is 0 Å². The largest absolute Gasteiger partial charge is 0.497 e. The molecule has 0 N–H and O–H groups in total. The molecule has 0 atom stereocenters.